The van der Waals surface area contributed by atoms with Crippen molar-refractivity contribution in [2.24, 2.45) is 11.8 Å². The molecule has 2 fully saturated rings. The van der Waals surface area contributed by atoms with E-state index in [1.54, 1.807) is 0 Å². The largest absolute Gasteiger partial charge is 0.375 e. The van der Waals surface area contributed by atoms with E-state index < -0.39 is 0 Å². The third-order valence-corrected chi connectivity index (χ3v) is 3.93. The van der Waals surface area contributed by atoms with Crippen LogP contribution in [0.1, 0.15) is 26.7 Å². The van der Waals surface area contributed by atoms with Crippen LogP contribution in [0.25, 0.3) is 0 Å². The van der Waals surface area contributed by atoms with E-state index in [4.69, 9.17) is 4.74 Å². The first-order chi connectivity index (χ1) is 8.16. The third-order valence-electron chi connectivity index (χ3n) is 3.93. The van der Waals surface area contributed by atoms with Gasteiger partial charge in [-0.3, -0.25) is 4.79 Å². The minimum Gasteiger partial charge on any atom is -0.375 e. The van der Waals surface area contributed by atoms with E-state index in [0.29, 0.717) is 18.3 Å². The Morgan fingerprint density at radius 2 is 2.28 bits per heavy atom. The van der Waals surface area contributed by atoms with Gasteiger partial charge in [0.15, 0.2) is 0 Å². The molecule has 2 atom stereocenters. The summed E-state index contributed by atoms with van der Waals surface area (Å²) < 4.78 is 5.57. The Morgan fingerprint density at radius 1 is 1.50 bits per heavy atom. The molecule has 0 aromatic carbocycles. The van der Waals surface area contributed by atoms with Gasteiger partial charge < -0.3 is 15.0 Å². The van der Waals surface area contributed by atoms with Crippen molar-refractivity contribution < 1.29 is 9.53 Å². The Balaban J connectivity index is 0.00000162. The highest BCUT2D eigenvalue weighted by molar-refractivity contribution is 5.85. The van der Waals surface area contributed by atoms with Gasteiger partial charge in [0.2, 0.25) is 5.91 Å². The van der Waals surface area contributed by atoms with Crippen LogP contribution < -0.4 is 5.32 Å². The lowest BCUT2D eigenvalue weighted by atomic mass is 9.95. The van der Waals surface area contributed by atoms with Gasteiger partial charge in [0.05, 0.1) is 19.1 Å². The molecule has 1 N–H and O–H groups in total. The molecule has 0 saturated carbocycles. The molecule has 106 valence electrons. The first kappa shape index (κ1) is 15.7. The molecule has 0 bridgehead atoms. The number of rotatable bonds is 3. The number of hydrogen-bond donors (Lipinski definition) is 1. The van der Waals surface area contributed by atoms with Crippen LogP contribution in [-0.4, -0.2) is 49.7 Å². The molecule has 0 radical (unpaired) electrons. The second-order valence-electron chi connectivity index (χ2n) is 5.53. The van der Waals surface area contributed by atoms with Crippen molar-refractivity contribution in [1.82, 2.24) is 10.2 Å². The molecule has 18 heavy (non-hydrogen) atoms. The molecule has 0 aromatic heterocycles. The van der Waals surface area contributed by atoms with E-state index in [2.05, 4.69) is 19.2 Å². The summed E-state index contributed by atoms with van der Waals surface area (Å²) in [6.45, 7) is 8.81. The van der Waals surface area contributed by atoms with Gasteiger partial charge >= 0.3 is 0 Å². The predicted octanol–water partition coefficient (Wildman–Crippen LogP) is 1.29. The van der Waals surface area contributed by atoms with E-state index in [-0.39, 0.29) is 24.4 Å². The summed E-state index contributed by atoms with van der Waals surface area (Å²) in [5.41, 5.74) is 0. The van der Waals surface area contributed by atoms with Crippen LogP contribution in [-0.2, 0) is 9.53 Å². The van der Waals surface area contributed by atoms with Gasteiger partial charge in [-0.1, -0.05) is 13.8 Å². The molecule has 2 rings (SSSR count). The van der Waals surface area contributed by atoms with E-state index in [9.17, 15) is 4.79 Å². The molecular weight excluding hydrogens is 252 g/mol. The molecule has 2 aliphatic rings. The van der Waals surface area contributed by atoms with E-state index in [1.165, 1.54) is 0 Å². The number of morpholine rings is 1. The van der Waals surface area contributed by atoms with Crippen LogP contribution in [0.4, 0.5) is 0 Å². The fraction of sp³-hybridized carbons (Fsp3) is 0.923. The van der Waals surface area contributed by atoms with Crippen molar-refractivity contribution >= 4 is 18.3 Å². The van der Waals surface area contributed by atoms with Crippen molar-refractivity contribution in [1.29, 1.82) is 0 Å². The van der Waals surface area contributed by atoms with Gasteiger partial charge in [-0.2, -0.15) is 0 Å². The summed E-state index contributed by atoms with van der Waals surface area (Å²) >= 11 is 0. The van der Waals surface area contributed by atoms with Crippen LogP contribution in [0.15, 0.2) is 0 Å². The monoisotopic (exact) mass is 276 g/mol. The highest BCUT2D eigenvalue weighted by Gasteiger charge is 2.29. The van der Waals surface area contributed by atoms with Gasteiger partial charge in [-0.15, -0.1) is 12.4 Å². The van der Waals surface area contributed by atoms with Gasteiger partial charge in [-0.25, -0.2) is 0 Å². The van der Waals surface area contributed by atoms with Crippen LogP contribution in [0, 0.1) is 11.8 Å². The predicted molar refractivity (Wildman–Crippen MR) is 74.0 cm³/mol. The molecule has 0 aromatic rings. The Kier molecular flexibility index (Phi) is 6.39. The molecular formula is C13H25ClN2O2. The lowest BCUT2D eigenvalue weighted by molar-refractivity contribution is -0.133. The number of nitrogens with one attached hydrogen (secondary N) is 1. The number of nitrogens with zero attached hydrogens (tertiary/aromatic N) is 1. The quantitative estimate of drug-likeness (QED) is 0.845. The molecule has 2 aliphatic heterocycles. The Labute approximate surface area is 116 Å². The number of likely N-dealkylation sites (tertiary alicyclic amines) is 1. The van der Waals surface area contributed by atoms with Crippen molar-refractivity contribution in [3.8, 4) is 0 Å². The molecule has 0 spiro atoms. The first-order valence-electron chi connectivity index (χ1n) is 6.77. The fourth-order valence-electron chi connectivity index (χ4n) is 2.63. The summed E-state index contributed by atoms with van der Waals surface area (Å²) in [5, 5.41) is 3.26. The number of carbonyl (C=O) groups excluding carboxylic acids is 1. The van der Waals surface area contributed by atoms with Crippen LogP contribution >= 0.6 is 12.4 Å². The fourth-order valence-corrected chi connectivity index (χ4v) is 2.63. The first-order valence-corrected chi connectivity index (χ1v) is 6.77. The van der Waals surface area contributed by atoms with Gasteiger partial charge in [-0.05, 0) is 18.3 Å². The zero-order valence-corrected chi connectivity index (χ0v) is 12.2. The molecule has 2 unspecified atom stereocenters. The maximum absolute atomic E-state index is 12.1. The standard InChI is InChI=1S/C13H24N2O2.ClH/c1-10(2)11-3-5-15(9-11)13(16)7-12-8-14-4-6-17-12;/h10-12,14H,3-9H2,1-2H3;1H. The lowest BCUT2D eigenvalue weighted by Crippen LogP contribution is -2.42. The minimum atomic E-state index is 0. The molecule has 5 heteroatoms. The molecule has 0 aliphatic carbocycles. The number of hydrogen-bond acceptors (Lipinski definition) is 3. The maximum Gasteiger partial charge on any atom is 0.225 e. The average molecular weight is 277 g/mol. The van der Waals surface area contributed by atoms with Crippen molar-refractivity contribution in [3.05, 3.63) is 0 Å². The van der Waals surface area contributed by atoms with Crippen molar-refractivity contribution in [2.75, 3.05) is 32.8 Å². The number of carbonyl (C=O) groups is 1. The number of amides is 1. The van der Waals surface area contributed by atoms with Crippen LogP contribution in [0.3, 0.4) is 0 Å². The normalized spacial score (nSPS) is 28.3. The summed E-state index contributed by atoms with van der Waals surface area (Å²) in [6.07, 6.45) is 1.78. The van der Waals surface area contributed by atoms with Crippen LogP contribution in [0.5, 0.6) is 0 Å². The molecule has 4 nitrogen and oxygen atoms in total. The topological polar surface area (TPSA) is 41.6 Å². The minimum absolute atomic E-state index is 0. The summed E-state index contributed by atoms with van der Waals surface area (Å²) in [6, 6.07) is 0. The second kappa shape index (κ2) is 7.31. The van der Waals surface area contributed by atoms with Gasteiger partial charge in [0, 0.05) is 26.2 Å². The molecule has 2 heterocycles. The van der Waals surface area contributed by atoms with Crippen molar-refractivity contribution in [3.63, 3.8) is 0 Å². The van der Waals surface area contributed by atoms with Gasteiger partial charge in [0.25, 0.3) is 0 Å². The van der Waals surface area contributed by atoms with Crippen molar-refractivity contribution in [2.45, 2.75) is 32.8 Å². The lowest BCUT2D eigenvalue weighted by Gasteiger charge is -2.25. The van der Waals surface area contributed by atoms with E-state index in [1.807, 2.05) is 4.90 Å². The summed E-state index contributed by atoms with van der Waals surface area (Å²) in [7, 11) is 0. The smallest absolute Gasteiger partial charge is 0.225 e. The second-order valence-corrected chi connectivity index (χ2v) is 5.53. The summed E-state index contributed by atoms with van der Waals surface area (Å²) in [4.78, 5) is 14.1. The van der Waals surface area contributed by atoms with Gasteiger partial charge in [0.1, 0.15) is 0 Å². The Morgan fingerprint density at radius 3 is 2.83 bits per heavy atom. The highest BCUT2D eigenvalue weighted by Crippen LogP contribution is 2.24. The Hall–Kier alpha value is -0.320. The maximum atomic E-state index is 12.1. The number of ether oxygens (including phenoxy) is 1. The molecule has 2 saturated heterocycles. The van der Waals surface area contributed by atoms with Crippen LogP contribution in [0.2, 0.25) is 0 Å². The van der Waals surface area contributed by atoms with E-state index >= 15 is 0 Å². The summed E-state index contributed by atoms with van der Waals surface area (Å²) in [5.74, 6) is 1.63. The molecule has 1 amide bonds. The zero-order chi connectivity index (χ0) is 12.3. The van der Waals surface area contributed by atoms with E-state index in [0.717, 1.165) is 39.2 Å². The Bertz CT molecular complexity index is 268. The SMILES string of the molecule is CC(C)C1CCN(C(=O)CC2CNCCO2)C1.Cl. The number of halogens is 1. The third kappa shape index (κ3) is 4.11. The average Bonchev–Trinajstić information content (AvgIpc) is 2.79. The zero-order valence-electron chi connectivity index (χ0n) is 11.4. The highest BCUT2D eigenvalue weighted by atomic mass is 35.5.